The summed E-state index contributed by atoms with van der Waals surface area (Å²) in [5.74, 6) is 0.471. The molecular weight excluding hydrogens is 234 g/mol. The van der Waals surface area contributed by atoms with Crippen LogP contribution in [0.3, 0.4) is 0 Å². The predicted octanol–water partition coefficient (Wildman–Crippen LogP) is 0.150. The van der Waals surface area contributed by atoms with Gasteiger partial charge < -0.3 is 15.2 Å². The van der Waals surface area contributed by atoms with Crippen molar-refractivity contribution >= 4 is 0 Å². The lowest BCUT2D eigenvalue weighted by molar-refractivity contribution is 0.0990. The number of aromatic nitrogens is 2. The molecule has 0 amide bonds. The van der Waals surface area contributed by atoms with Crippen LogP contribution < -0.4 is 16.0 Å². The lowest BCUT2D eigenvalue weighted by Crippen LogP contribution is -2.24. The molecule has 6 heteroatoms. The van der Waals surface area contributed by atoms with Crippen molar-refractivity contribution in [2.45, 2.75) is 31.9 Å². The van der Waals surface area contributed by atoms with Gasteiger partial charge in [0, 0.05) is 25.8 Å². The molecule has 100 valence electrons. The third-order valence-electron chi connectivity index (χ3n) is 2.92. The SMILES string of the molecule is NCCOc1cnn(CCC2CCCO2)c(=O)c1. The van der Waals surface area contributed by atoms with Gasteiger partial charge in [0.05, 0.1) is 12.3 Å². The lowest BCUT2D eigenvalue weighted by atomic mass is 10.2. The van der Waals surface area contributed by atoms with Crippen molar-refractivity contribution < 1.29 is 9.47 Å². The van der Waals surface area contributed by atoms with Crippen molar-refractivity contribution in [2.75, 3.05) is 19.8 Å². The third-order valence-corrected chi connectivity index (χ3v) is 2.92. The summed E-state index contributed by atoms with van der Waals surface area (Å²) < 4.78 is 12.2. The maximum absolute atomic E-state index is 11.8. The standard InChI is InChI=1S/C12H19N3O3/c13-4-7-18-11-8-12(16)15(14-9-11)5-3-10-2-1-6-17-10/h8-10H,1-7,13H2. The molecule has 18 heavy (non-hydrogen) atoms. The first kappa shape index (κ1) is 13.0. The Hall–Kier alpha value is -1.40. The summed E-state index contributed by atoms with van der Waals surface area (Å²) in [5, 5.41) is 4.07. The van der Waals surface area contributed by atoms with Gasteiger partial charge in [-0.05, 0) is 19.3 Å². The Bertz CT molecular complexity index is 427. The largest absolute Gasteiger partial charge is 0.490 e. The van der Waals surface area contributed by atoms with E-state index in [9.17, 15) is 4.79 Å². The minimum atomic E-state index is -0.150. The van der Waals surface area contributed by atoms with Crippen molar-refractivity contribution in [2.24, 2.45) is 5.73 Å². The van der Waals surface area contributed by atoms with E-state index < -0.39 is 0 Å². The molecule has 0 aromatic carbocycles. The predicted molar refractivity (Wildman–Crippen MR) is 66.6 cm³/mol. The Morgan fingerprint density at radius 2 is 2.50 bits per heavy atom. The van der Waals surface area contributed by atoms with Gasteiger partial charge in [0.2, 0.25) is 0 Å². The highest BCUT2D eigenvalue weighted by molar-refractivity contribution is 5.13. The zero-order valence-electron chi connectivity index (χ0n) is 10.4. The molecule has 6 nitrogen and oxygen atoms in total. The number of aryl methyl sites for hydroxylation is 1. The number of hydrogen-bond donors (Lipinski definition) is 1. The van der Waals surface area contributed by atoms with Crippen LogP contribution in [0.2, 0.25) is 0 Å². The smallest absolute Gasteiger partial charge is 0.270 e. The molecule has 1 aliphatic heterocycles. The average molecular weight is 253 g/mol. The van der Waals surface area contributed by atoms with Crippen molar-refractivity contribution in [3.8, 4) is 5.75 Å². The van der Waals surface area contributed by atoms with Crippen LogP contribution in [0.5, 0.6) is 5.75 Å². The number of nitrogens with zero attached hydrogens (tertiary/aromatic N) is 2. The highest BCUT2D eigenvalue weighted by Gasteiger charge is 2.15. The second kappa shape index (κ2) is 6.51. The first-order chi connectivity index (χ1) is 8.79. The zero-order chi connectivity index (χ0) is 12.8. The van der Waals surface area contributed by atoms with E-state index in [1.165, 1.54) is 10.7 Å². The first-order valence-electron chi connectivity index (χ1n) is 6.31. The molecular formula is C12H19N3O3. The zero-order valence-corrected chi connectivity index (χ0v) is 10.4. The van der Waals surface area contributed by atoms with Crippen LogP contribution in [0.15, 0.2) is 17.1 Å². The van der Waals surface area contributed by atoms with Crippen LogP contribution in [0.4, 0.5) is 0 Å². The van der Waals surface area contributed by atoms with Crippen LogP contribution in [0, 0.1) is 0 Å². The summed E-state index contributed by atoms with van der Waals surface area (Å²) in [7, 11) is 0. The summed E-state index contributed by atoms with van der Waals surface area (Å²) in [4.78, 5) is 11.8. The summed E-state index contributed by atoms with van der Waals surface area (Å²) in [6, 6.07) is 1.44. The fourth-order valence-electron chi connectivity index (χ4n) is 1.98. The minimum Gasteiger partial charge on any atom is -0.490 e. The summed E-state index contributed by atoms with van der Waals surface area (Å²) >= 11 is 0. The molecule has 1 aromatic heterocycles. The van der Waals surface area contributed by atoms with Crippen molar-refractivity contribution in [3.05, 3.63) is 22.6 Å². The van der Waals surface area contributed by atoms with E-state index in [0.717, 1.165) is 25.9 Å². The van der Waals surface area contributed by atoms with Gasteiger partial charge in [-0.15, -0.1) is 0 Å². The fraction of sp³-hybridized carbons (Fsp3) is 0.667. The van der Waals surface area contributed by atoms with E-state index in [2.05, 4.69) is 5.10 Å². The molecule has 2 heterocycles. The lowest BCUT2D eigenvalue weighted by Gasteiger charge is -2.10. The summed E-state index contributed by atoms with van der Waals surface area (Å²) in [6.45, 7) is 2.22. The second-order valence-electron chi connectivity index (χ2n) is 4.31. The first-order valence-corrected chi connectivity index (χ1v) is 6.31. The van der Waals surface area contributed by atoms with Gasteiger partial charge in [0.1, 0.15) is 12.4 Å². The number of nitrogens with two attached hydrogens (primary N) is 1. The van der Waals surface area contributed by atoms with Crippen LogP contribution in [0.25, 0.3) is 0 Å². The Labute approximate surface area is 106 Å². The number of rotatable bonds is 6. The molecule has 0 spiro atoms. The normalized spacial score (nSPS) is 19.1. The van der Waals surface area contributed by atoms with Crippen LogP contribution in [0.1, 0.15) is 19.3 Å². The molecule has 1 atom stereocenters. The quantitative estimate of drug-likeness (QED) is 0.780. The van der Waals surface area contributed by atoms with Crippen LogP contribution >= 0.6 is 0 Å². The van der Waals surface area contributed by atoms with Crippen molar-refractivity contribution in [3.63, 3.8) is 0 Å². The van der Waals surface area contributed by atoms with Crippen LogP contribution in [-0.4, -0.2) is 35.6 Å². The fourth-order valence-corrected chi connectivity index (χ4v) is 1.98. The molecule has 1 aromatic rings. The maximum atomic E-state index is 11.8. The second-order valence-corrected chi connectivity index (χ2v) is 4.31. The molecule has 0 saturated carbocycles. The van der Waals surface area contributed by atoms with Gasteiger partial charge in [-0.25, -0.2) is 4.68 Å². The van der Waals surface area contributed by atoms with Gasteiger partial charge in [-0.1, -0.05) is 0 Å². The van der Waals surface area contributed by atoms with E-state index in [4.69, 9.17) is 15.2 Å². The van der Waals surface area contributed by atoms with Gasteiger partial charge in [-0.3, -0.25) is 4.79 Å². The Morgan fingerprint density at radius 3 is 3.17 bits per heavy atom. The minimum absolute atomic E-state index is 0.150. The highest BCUT2D eigenvalue weighted by atomic mass is 16.5. The highest BCUT2D eigenvalue weighted by Crippen LogP contribution is 2.15. The average Bonchev–Trinajstić information content (AvgIpc) is 2.88. The van der Waals surface area contributed by atoms with E-state index in [-0.39, 0.29) is 11.7 Å². The summed E-state index contributed by atoms with van der Waals surface area (Å²) in [6.07, 6.45) is 4.83. The Kier molecular flexibility index (Phi) is 4.72. The van der Waals surface area contributed by atoms with Gasteiger partial charge >= 0.3 is 0 Å². The maximum Gasteiger partial charge on any atom is 0.270 e. The van der Waals surface area contributed by atoms with Gasteiger partial charge in [-0.2, -0.15) is 5.10 Å². The number of ether oxygens (including phenoxy) is 2. The van der Waals surface area contributed by atoms with Crippen LogP contribution in [-0.2, 0) is 11.3 Å². The Morgan fingerprint density at radius 1 is 1.61 bits per heavy atom. The third kappa shape index (κ3) is 3.54. The Balaban J connectivity index is 1.90. The molecule has 0 aliphatic carbocycles. The molecule has 0 bridgehead atoms. The van der Waals surface area contributed by atoms with Crippen molar-refractivity contribution in [1.82, 2.24) is 9.78 Å². The molecule has 0 radical (unpaired) electrons. The molecule has 1 unspecified atom stereocenters. The van der Waals surface area contributed by atoms with E-state index in [1.54, 1.807) is 6.20 Å². The van der Waals surface area contributed by atoms with Crippen molar-refractivity contribution in [1.29, 1.82) is 0 Å². The monoisotopic (exact) mass is 253 g/mol. The number of hydrogen-bond acceptors (Lipinski definition) is 5. The summed E-state index contributed by atoms with van der Waals surface area (Å²) in [5.41, 5.74) is 5.17. The van der Waals surface area contributed by atoms with Gasteiger partial charge in [0.25, 0.3) is 5.56 Å². The topological polar surface area (TPSA) is 79.4 Å². The van der Waals surface area contributed by atoms with E-state index in [0.29, 0.717) is 25.4 Å². The van der Waals surface area contributed by atoms with E-state index >= 15 is 0 Å². The molecule has 1 fully saturated rings. The van der Waals surface area contributed by atoms with E-state index in [1.807, 2.05) is 0 Å². The molecule has 2 N–H and O–H groups in total. The van der Waals surface area contributed by atoms with Gasteiger partial charge in [0.15, 0.2) is 0 Å². The molecule has 1 saturated heterocycles. The molecule has 2 rings (SSSR count). The molecule has 1 aliphatic rings.